The predicted octanol–water partition coefficient (Wildman–Crippen LogP) is 3.55. The number of nitrogens with zero attached hydrogens (tertiary/aromatic N) is 3. The van der Waals surface area contributed by atoms with E-state index in [0.717, 1.165) is 0 Å². The molecule has 0 fully saturated rings. The molecule has 0 saturated heterocycles. The smallest absolute Gasteiger partial charge is 0.180 e. The van der Waals surface area contributed by atoms with E-state index in [1.807, 2.05) is 6.07 Å². The van der Waals surface area contributed by atoms with E-state index in [-0.39, 0.29) is 20.9 Å². The van der Waals surface area contributed by atoms with Gasteiger partial charge in [-0.3, -0.25) is 0 Å². The highest BCUT2D eigenvalue weighted by Gasteiger charge is 2.12. The van der Waals surface area contributed by atoms with Crippen LogP contribution in [0.15, 0.2) is 22.3 Å². The van der Waals surface area contributed by atoms with Crippen molar-refractivity contribution in [3.8, 4) is 6.07 Å². The van der Waals surface area contributed by atoms with Gasteiger partial charge in [0.15, 0.2) is 10.9 Å². The summed E-state index contributed by atoms with van der Waals surface area (Å²) >= 11 is 18.9. The minimum absolute atomic E-state index is 0.0126. The molecule has 2 N–H and O–H groups in total. The fourth-order valence-corrected chi connectivity index (χ4v) is 1.82. The first-order valence-corrected chi connectivity index (χ1v) is 6.85. The maximum atomic E-state index is 9.03. The van der Waals surface area contributed by atoms with Crippen molar-refractivity contribution in [2.45, 2.75) is 0 Å². The fraction of sp³-hybridized carbons (Fsp3) is 0.100. The number of nitriles is 1. The summed E-state index contributed by atoms with van der Waals surface area (Å²) in [7, 11) is 0. The summed E-state index contributed by atoms with van der Waals surface area (Å²) in [6, 6.07) is 4.83. The van der Waals surface area contributed by atoms with Crippen LogP contribution in [0.5, 0.6) is 0 Å². The minimum atomic E-state index is -0.0126. The van der Waals surface area contributed by atoms with E-state index in [1.165, 1.54) is 23.9 Å². The summed E-state index contributed by atoms with van der Waals surface area (Å²) in [4.78, 5) is 0. The lowest BCUT2D eigenvalue weighted by Crippen LogP contribution is -2.05. The molecule has 0 bridgehead atoms. The maximum Gasteiger partial charge on any atom is 0.180 e. The molecule has 94 valence electrons. The van der Waals surface area contributed by atoms with Gasteiger partial charge in [-0.15, -0.1) is 10.2 Å². The Kier molecular flexibility index (Phi) is 5.76. The Hall–Kier alpha value is -0.930. The van der Waals surface area contributed by atoms with E-state index >= 15 is 0 Å². The molecule has 1 aromatic rings. The fourth-order valence-electron chi connectivity index (χ4n) is 1.00. The van der Waals surface area contributed by atoms with Crippen LogP contribution >= 0.6 is 46.6 Å². The Labute approximate surface area is 123 Å². The lowest BCUT2D eigenvalue weighted by atomic mass is 10.1. The van der Waals surface area contributed by atoms with Crippen molar-refractivity contribution in [2.24, 2.45) is 15.9 Å². The number of halogens is 3. The Balaban J connectivity index is 3.31. The van der Waals surface area contributed by atoms with Gasteiger partial charge in [-0.05, 0) is 18.4 Å². The highest BCUT2D eigenvalue weighted by Crippen LogP contribution is 2.30. The molecular formula is C10H7Cl3N4S. The first-order chi connectivity index (χ1) is 8.49. The number of hydrogen-bond acceptors (Lipinski definition) is 4. The molecule has 8 heteroatoms. The van der Waals surface area contributed by atoms with Crippen LogP contribution in [0.2, 0.25) is 15.1 Å². The van der Waals surface area contributed by atoms with Crippen molar-refractivity contribution in [1.82, 2.24) is 0 Å². The number of rotatable bonds is 2. The van der Waals surface area contributed by atoms with Crippen LogP contribution in [0.4, 0.5) is 0 Å². The second kappa shape index (κ2) is 6.86. The Morgan fingerprint density at radius 1 is 1.33 bits per heavy atom. The summed E-state index contributed by atoms with van der Waals surface area (Å²) in [5, 5.41) is 17.4. The van der Waals surface area contributed by atoms with Gasteiger partial charge in [0.1, 0.15) is 6.07 Å². The normalized spacial score (nSPS) is 12.4. The van der Waals surface area contributed by atoms with Gasteiger partial charge in [0.05, 0.1) is 10.0 Å². The molecule has 0 spiro atoms. The Morgan fingerprint density at radius 2 is 2.00 bits per heavy atom. The van der Waals surface area contributed by atoms with Gasteiger partial charge in [-0.25, -0.2) is 0 Å². The molecule has 0 unspecified atom stereocenters. The molecule has 1 rings (SSSR count). The van der Waals surface area contributed by atoms with E-state index in [4.69, 9.17) is 45.8 Å². The summed E-state index contributed by atoms with van der Waals surface area (Å²) in [6.45, 7) is 0. The van der Waals surface area contributed by atoms with Crippen LogP contribution in [-0.4, -0.2) is 17.1 Å². The summed E-state index contributed by atoms with van der Waals surface area (Å²) < 4.78 is 0. The summed E-state index contributed by atoms with van der Waals surface area (Å²) in [5.41, 5.74) is 5.76. The second-order valence-corrected chi connectivity index (χ2v) is 5.00. The Bertz CT molecular complexity index is 563. The molecule has 0 saturated carbocycles. The van der Waals surface area contributed by atoms with Crippen LogP contribution in [-0.2, 0) is 0 Å². The third-order valence-corrected chi connectivity index (χ3v) is 3.33. The van der Waals surface area contributed by atoms with Crippen molar-refractivity contribution in [3.63, 3.8) is 0 Å². The number of benzene rings is 1. The Morgan fingerprint density at radius 3 is 2.56 bits per heavy atom. The third kappa shape index (κ3) is 3.79. The first kappa shape index (κ1) is 15.1. The first-order valence-electron chi connectivity index (χ1n) is 4.49. The van der Waals surface area contributed by atoms with E-state index in [1.54, 1.807) is 6.26 Å². The van der Waals surface area contributed by atoms with Crippen LogP contribution in [0.3, 0.4) is 0 Å². The minimum Gasteiger partial charge on any atom is -0.377 e. The molecule has 0 amide bonds. The standard InChI is InChI=1S/C10H7Cl3N4S/c1-18-10(15)17-16-8(4-14)6-2-5(11)3-7(12)9(6)13/h2-3H,1H3,(H2,15,17). The van der Waals surface area contributed by atoms with Crippen LogP contribution in [0.25, 0.3) is 0 Å². The largest absolute Gasteiger partial charge is 0.377 e. The monoisotopic (exact) mass is 320 g/mol. The van der Waals surface area contributed by atoms with Crippen molar-refractivity contribution in [1.29, 1.82) is 5.26 Å². The second-order valence-electron chi connectivity index (χ2n) is 2.95. The SMILES string of the molecule is CSC(N)=NN=C(C#N)c1cc(Cl)cc(Cl)c1Cl. The van der Waals surface area contributed by atoms with Gasteiger partial charge >= 0.3 is 0 Å². The van der Waals surface area contributed by atoms with E-state index in [0.29, 0.717) is 10.6 Å². The van der Waals surface area contributed by atoms with Crippen molar-refractivity contribution < 1.29 is 0 Å². The maximum absolute atomic E-state index is 9.03. The van der Waals surface area contributed by atoms with Gasteiger partial charge < -0.3 is 5.73 Å². The van der Waals surface area contributed by atoms with Crippen LogP contribution < -0.4 is 5.73 Å². The average molecular weight is 322 g/mol. The lowest BCUT2D eigenvalue weighted by molar-refractivity contribution is 1.24. The molecule has 0 aliphatic rings. The zero-order valence-corrected chi connectivity index (χ0v) is 12.2. The van der Waals surface area contributed by atoms with Crippen molar-refractivity contribution >= 4 is 57.4 Å². The van der Waals surface area contributed by atoms with Crippen molar-refractivity contribution in [3.05, 3.63) is 32.8 Å². The number of amidine groups is 1. The van der Waals surface area contributed by atoms with Gasteiger partial charge in [0.25, 0.3) is 0 Å². The molecule has 0 atom stereocenters. The molecule has 18 heavy (non-hydrogen) atoms. The van der Waals surface area contributed by atoms with E-state index in [9.17, 15) is 0 Å². The van der Waals surface area contributed by atoms with Gasteiger partial charge in [0.2, 0.25) is 0 Å². The predicted molar refractivity (Wildman–Crippen MR) is 78.8 cm³/mol. The number of thioether (sulfide) groups is 1. The quantitative estimate of drug-likeness (QED) is 0.392. The molecule has 4 nitrogen and oxygen atoms in total. The van der Waals surface area contributed by atoms with Crippen molar-refractivity contribution in [2.75, 3.05) is 6.26 Å². The van der Waals surface area contributed by atoms with Gasteiger partial charge in [-0.2, -0.15) is 5.26 Å². The zero-order valence-electron chi connectivity index (χ0n) is 9.12. The molecule has 0 aliphatic heterocycles. The highest BCUT2D eigenvalue weighted by atomic mass is 35.5. The summed E-state index contributed by atoms with van der Waals surface area (Å²) in [5.74, 6) is 0. The van der Waals surface area contributed by atoms with Crippen LogP contribution in [0, 0.1) is 11.3 Å². The highest BCUT2D eigenvalue weighted by molar-refractivity contribution is 8.13. The van der Waals surface area contributed by atoms with E-state index in [2.05, 4.69) is 10.2 Å². The average Bonchev–Trinajstić information content (AvgIpc) is 2.35. The molecule has 0 radical (unpaired) electrons. The van der Waals surface area contributed by atoms with E-state index < -0.39 is 0 Å². The number of nitrogens with two attached hydrogens (primary N) is 1. The zero-order chi connectivity index (χ0) is 13.7. The van der Waals surface area contributed by atoms with Crippen LogP contribution in [0.1, 0.15) is 5.56 Å². The lowest BCUT2D eigenvalue weighted by Gasteiger charge is -2.03. The number of hydrogen-bond donors (Lipinski definition) is 1. The molecule has 0 aromatic heterocycles. The molecule has 1 aromatic carbocycles. The van der Waals surface area contributed by atoms with Gasteiger partial charge in [-0.1, -0.05) is 46.6 Å². The summed E-state index contributed by atoms with van der Waals surface area (Å²) in [6.07, 6.45) is 1.74. The third-order valence-electron chi connectivity index (χ3n) is 1.81. The van der Waals surface area contributed by atoms with Gasteiger partial charge in [0, 0.05) is 10.6 Å². The molecule has 0 heterocycles. The molecular weight excluding hydrogens is 315 g/mol. The topological polar surface area (TPSA) is 74.5 Å². The molecule has 0 aliphatic carbocycles.